The van der Waals surface area contributed by atoms with Crippen LogP contribution in [0.25, 0.3) is 0 Å². The molecule has 1 radical (unpaired) electrons. The lowest BCUT2D eigenvalue weighted by Gasteiger charge is -2.03. The van der Waals surface area contributed by atoms with Gasteiger partial charge in [0.25, 0.3) is 0 Å². The van der Waals surface area contributed by atoms with Crippen LogP contribution in [0.1, 0.15) is 0 Å². The molecule has 1 aliphatic heterocycles. The highest BCUT2D eigenvalue weighted by atomic mass is 15.5. The highest BCUT2D eigenvalue weighted by molar-refractivity contribution is 4.79. The van der Waals surface area contributed by atoms with Crippen LogP contribution in [0.2, 0.25) is 0 Å². The molecular weight excluding hydrogens is 76.1 g/mol. The summed E-state index contributed by atoms with van der Waals surface area (Å²) in [5.41, 5.74) is 2.99. The smallest absolute Gasteiger partial charge is 0.0734 e. The van der Waals surface area contributed by atoms with Crippen LogP contribution in [0.5, 0.6) is 0 Å². The van der Waals surface area contributed by atoms with E-state index in [0.29, 0.717) is 0 Å². The SMILES string of the molecule is CN1[C]=CCN1. The van der Waals surface area contributed by atoms with Crippen molar-refractivity contribution in [2.45, 2.75) is 0 Å². The van der Waals surface area contributed by atoms with Crippen LogP contribution in [0, 0.1) is 6.20 Å². The van der Waals surface area contributed by atoms with Gasteiger partial charge in [0.05, 0.1) is 6.20 Å². The molecule has 0 aromatic carbocycles. The van der Waals surface area contributed by atoms with E-state index in [1.54, 1.807) is 5.01 Å². The van der Waals surface area contributed by atoms with E-state index in [4.69, 9.17) is 0 Å². The lowest BCUT2D eigenvalue weighted by atomic mass is 10.7. The number of nitrogens with zero attached hydrogens (tertiary/aromatic N) is 1. The summed E-state index contributed by atoms with van der Waals surface area (Å²) < 4.78 is 0. The predicted octanol–water partition coefficient (Wildman–Crippen LogP) is -0.247. The van der Waals surface area contributed by atoms with Crippen LogP contribution in [0.3, 0.4) is 0 Å². The summed E-state index contributed by atoms with van der Waals surface area (Å²) in [5, 5.41) is 1.81. The topological polar surface area (TPSA) is 15.3 Å². The van der Waals surface area contributed by atoms with Gasteiger partial charge < -0.3 is 5.01 Å². The Hall–Kier alpha value is -0.500. The van der Waals surface area contributed by atoms with Crippen LogP contribution in [0.4, 0.5) is 0 Å². The van der Waals surface area contributed by atoms with Crippen molar-refractivity contribution < 1.29 is 0 Å². The first-order chi connectivity index (χ1) is 2.89. The van der Waals surface area contributed by atoms with E-state index >= 15 is 0 Å². The first kappa shape index (κ1) is 3.68. The fraction of sp³-hybridized carbons (Fsp3) is 0.500. The maximum Gasteiger partial charge on any atom is 0.0734 e. The van der Waals surface area contributed by atoms with Crippen LogP contribution < -0.4 is 5.43 Å². The molecule has 0 bridgehead atoms. The van der Waals surface area contributed by atoms with Gasteiger partial charge in [-0.15, -0.1) is 0 Å². The van der Waals surface area contributed by atoms with E-state index in [0.717, 1.165) is 6.54 Å². The molecule has 33 valence electrons. The summed E-state index contributed by atoms with van der Waals surface area (Å²) in [6.45, 7) is 0.927. The third-order valence-electron chi connectivity index (χ3n) is 0.715. The molecule has 2 heteroatoms. The summed E-state index contributed by atoms with van der Waals surface area (Å²) in [4.78, 5) is 0. The van der Waals surface area contributed by atoms with Gasteiger partial charge in [-0.1, -0.05) is 0 Å². The largest absolute Gasteiger partial charge is 0.309 e. The van der Waals surface area contributed by atoms with Gasteiger partial charge in [0.15, 0.2) is 0 Å². The monoisotopic (exact) mass is 83.1 g/mol. The molecule has 1 heterocycles. The van der Waals surface area contributed by atoms with Gasteiger partial charge in [0.2, 0.25) is 0 Å². The van der Waals surface area contributed by atoms with E-state index in [-0.39, 0.29) is 0 Å². The Morgan fingerprint density at radius 3 is 3.00 bits per heavy atom. The van der Waals surface area contributed by atoms with Crippen molar-refractivity contribution in [3.8, 4) is 0 Å². The minimum absolute atomic E-state index is 0.927. The molecule has 0 aromatic rings. The van der Waals surface area contributed by atoms with Crippen molar-refractivity contribution in [2.75, 3.05) is 13.6 Å². The molecule has 1 rings (SSSR count). The number of nitrogens with one attached hydrogen (secondary N) is 1. The molecule has 0 unspecified atom stereocenters. The van der Waals surface area contributed by atoms with Crippen molar-refractivity contribution in [2.24, 2.45) is 0 Å². The average Bonchev–Trinajstić information content (AvgIpc) is 1.86. The van der Waals surface area contributed by atoms with E-state index in [1.165, 1.54) is 0 Å². The molecule has 0 atom stereocenters. The molecule has 0 aliphatic carbocycles. The Balaban J connectivity index is 2.38. The first-order valence-corrected chi connectivity index (χ1v) is 1.94. The lowest BCUT2D eigenvalue weighted by molar-refractivity contribution is 0.359. The van der Waals surface area contributed by atoms with Gasteiger partial charge in [0.1, 0.15) is 0 Å². The molecule has 0 spiro atoms. The van der Waals surface area contributed by atoms with Crippen molar-refractivity contribution in [1.82, 2.24) is 10.4 Å². The molecule has 0 amide bonds. The Morgan fingerprint density at radius 1 is 2.00 bits per heavy atom. The highest BCUT2D eigenvalue weighted by Gasteiger charge is 1.91. The van der Waals surface area contributed by atoms with Gasteiger partial charge in [-0.2, -0.15) is 0 Å². The van der Waals surface area contributed by atoms with Crippen LogP contribution in [0.15, 0.2) is 6.08 Å². The minimum Gasteiger partial charge on any atom is -0.309 e. The van der Waals surface area contributed by atoms with E-state index < -0.39 is 0 Å². The van der Waals surface area contributed by atoms with Gasteiger partial charge in [-0.3, -0.25) is 0 Å². The molecule has 1 N–H and O–H groups in total. The van der Waals surface area contributed by atoms with Crippen LogP contribution in [-0.4, -0.2) is 18.6 Å². The Kier molecular flexibility index (Phi) is 0.801. The quantitative estimate of drug-likeness (QED) is 0.434. The average molecular weight is 83.1 g/mol. The minimum atomic E-state index is 0.927. The molecule has 0 saturated heterocycles. The molecule has 0 fully saturated rings. The number of hydrogen-bond acceptors (Lipinski definition) is 2. The van der Waals surface area contributed by atoms with Crippen molar-refractivity contribution in [3.05, 3.63) is 12.3 Å². The number of hydrogen-bond donors (Lipinski definition) is 1. The standard InChI is InChI=1S/C4H7N2/c1-6-4-2-3-5-6/h2,5H,3H2,1H3. The third kappa shape index (κ3) is 0.518. The van der Waals surface area contributed by atoms with Crippen LogP contribution in [-0.2, 0) is 0 Å². The second-order valence-electron chi connectivity index (χ2n) is 1.25. The van der Waals surface area contributed by atoms with E-state index in [2.05, 4.69) is 11.6 Å². The fourth-order valence-electron chi connectivity index (χ4n) is 0.411. The summed E-state index contributed by atoms with van der Waals surface area (Å²) >= 11 is 0. The van der Waals surface area contributed by atoms with E-state index in [1.807, 2.05) is 13.1 Å². The Bertz CT molecular complexity index is 67.9. The summed E-state index contributed by atoms with van der Waals surface area (Å²) in [5.74, 6) is 0. The second-order valence-corrected chi connectivity index (χ2v) is 1.25. The molecule has 1 aliphatic rings. The zero-order chi connectivity index (χ0) is 4.41. The summed E-state index contributed by atoms with van der Waals surface area (Å²) in [7, 11) is 1.92. The maximum atomic E-state index is 2.99. The summed E-state index contributed by atoms with van der Waals surface area (Å²) in [6.07, 6.45) is 4.86. The molecular formula is C4H7N2. The zero-order valence-corrected chi connectivity index (χ0v) is 3.73. The van der Waals surface area contributed by atoms with Gasteiger partial charge in [-0.05, 0) is 6.08 Å². The molecule has 0 saturated carbocycles. The lowest BCUT2D eigenvalue weighted by Crippen LogP contribution is -2.23. The Labute approximate surface area is 37.4 Å². The van der Waals surface area contributed by atoms with Gasteiger partial charge in [-0.25, -0.2) is 5.43 Å². The summed E-state index contributed by atoms with van der Waals surface area (Å²) in [6, 6.07) is 0. The zero-order valence-electron chi connectivity index (χ0n) is 3.73. The predicted molar refractivity (Wildman–Crippen MR) is 23.6 cm³/mol. The fourth-order valence-corrected chi connectivity index (χ4v) is 0.411. The van der Waals surface area contributed by atoms with Crippen molar-refractivity contribution >= 4 is 0 Å². The van der Waals surface area contributed by atoms with Crippen molar-refractivity contribution in [3.63, 3.8) is 0 Å². The van der Waals surface area contributed by atoms with Crippen LogP contribution >= 0.6 is 0 Å². The van der Waals surface area contributed by atoms with Crippen molar-refractivity contribution in [1.29, 1.82) is 0 Å². The molecule has 6 heavy (non-hydrogen) atoms. The highest BCUT2D eigenvalue weighted by Crippen LogP contribution is 1.82. The van der Waals surface area contributed by atoms with E-state index in [9.17, 15) is 0 Å². The first-order valence-electron chi connectivity index (χ1n) is 1.94. The number of rotatable bonds is 0. The molecule has 0 aromatic heterocycles. The normalized spacial score (nSPS) is 19.8. The van der Waals surface area contributed by atoms with Gasteiger partial charge in [0, 0.05) is 13.6 Å². The number of hydrazine groups is 1. The Morgan fingerprint density at radius 2 is 2.83 bits per heavy atom. The van der Waals surface area contributed by atoms with Gasteiger partial charge >= 0.3 is 0 Å². The maximum absolute atomic E-state index is 2.99. The molecule has 2 nitrogen and oxygen atoms in total. The second kappa shape index (κ2) is 1.30. The third-order valence-corrected chi connectivity index (χ3v) is 0.715.